The van der Waals surface area contributed by atoms with Crippen molar-refractivity contribution in [3.8, 4) is 0 Å². The van der Waals surface area contributed by atoms with E-state index >= 15 is 0 Å². The Hall–Kier alpha value is -2.08. The maximum atomic E-state index is 6.05. The molecule has 1 saturated carbocycles. The zero-order valence-electron chi connectivity index (χ0n) is 16.7. The lowest BCUT2D eigenvalue weighted by atomic mass is 10.1. The number of aromatic nitrogens is 2. The zero-order chi connectivity index (χ0) is 18.9. The minimum atomic E-state index is 0.439. The van der Waals surface area contributed by atoms with Crippen LogP contribution in [0.1, 0.15) is 51.3 Å². The molecule has 2 aromatic rings. The van der Waals surface area contributed by atoms with Gasteiger partial charge in [-0.05, 0) is 31.9 Å². The van der Waals surface area contributed by atoms with Gasteiger partial charge < -0.3 is 19.9 Å². The van der Waals surface area contributed by atoms with Crippen LogP contribution >= 0.6 is 0 Å². The molecule has 6 heteroatoms. The first kappa shape index (κ1) is 19.7. The summed E-state index contributed by atoms with van der Waals surface area (Å²) in [4.78, 5) is 9.38. The number of nitrogens with one attached hydrogen (secondary N) is 2. The normalized spacial score (nSPS) is 16.4. The van der Waals surface area contributed by atoms with Crippen molar-refractivity contribution >= 4 is 17.0 Å². The van der Waals surface area contributed by atoms with E-state index in [1.54, 1.807) is 0 Å². The SMILES string of the molecule is CCNC(=NCc1nc2ccccc2n1C)NCCOC1CCCCCC1. The van der Waals surface area contributed by atoms with Gasteiger partial charge in [0.2, 0.25) is 0 Å². The predicted octanol–water partition coefficient (Wildman–Crippen LogP) is 3.37. The fourth-order valence-corrected chi connectivity index (χ4v) is 3.63. The largest absolute Gasteiger partial charge is 0.376 e. The molecule has 0 radical (unpaired) electrons. The Morgan fingerprint density at radius 2 is 1.96 bits per heavy atom. The van der Waals surface area contributed by atoms with Crippen LogP contribution in [0.3, 0.4) is 0 Å². The molecule has 1 aromatic carbocycles. The summed E-state index contributed by atoms with van der Waals surface area (Å²) in [7, 11) is 2.04. The fourth-order valence-electron chi connectivity index (χ4n) is 3.63. The van der Waals surface area contributed by atoms with E-state index in [1.165, 1.54) is 38.5 Å². The number of ether oxygens (including phenoxy) is 1. The fraction of sp³-hybridized carbons (Fsp3) is 0.619. The molecule has 1 aliphatic carbocycles. The smallest absolute Gasteiger partial charge is 0.191 e. The molecule has 0 unspecified atom stereocenters. The van der Waals surface area contributed by atoms with Crippen molar-refractivity contribution in [3.63, 3.8) is 0 Å². The Morgan fingerprint density at radius 3 is 2.70 bits per heavy atom. The van der Waals surface area contributed by atoms with Crippen molar-refractivity contribution in [1.29, 1.82) is 0 Å². The average Bonchev–Trinajstić information content (AvgIpc) is 2.85. The molecule has 0 atom stereocenters. The van der Waals surface area contributed by atoms with E-state index in [1.807, 2.05) is 25.2 Å². The van der Waals surface area contributed by atoms with Gasteiger partial charge in [-0.3, -0.25) is 0 Å². The Bertz CT molecular complexity index is 731. The van der Waals surface area contributed by atoms with Crippen LogP contribution in [-0.2, 0) is 18.3 Å². The van der Waals surface area contributed by atoms with Gasteiger partial charge in [-0.25, -0.2) is 9.98 Å². The molecule has 1 aromatic heterocycles. The van der Waals surface area contributed by atoms with Crippen LogP contribution < -0.4 is 10.6 Å². The lowest BCUT2D eigenvalue weighted by Gasteiger charge is -2.16. The molecule has 1 fully saturated rings. The van der Waals surface area contributed by atoms with Gasteiger partial charge in [0.05, 0.1) is 23.7 Å². The van der Waals surface area contributed by atoms with Crippen LogP contribution in [0, 0.1) is 0 Å². The van der Waals surface area contributed by atoms with Gasteiger partial charge in [0.25, 0.3) is 0 Å². The molecular formula is C21H33N5O. The summed E-state index contributed by atoms with van der Waals surface area (Å²) in [5, 5.41) is 6.68. The molecule has 148 valence electrons. The second kappa shape index (κ2) is 10.3. The summed E-state index contributed by atoms with van der Waals surface area (Å²) < 4.78 is 8.16. The van der Waals surface area contributed by atoms with Crippen LogP contribution in [0.2, 0.25) is 0 Å². The number of guanidine groups is 1. The van der Waals surface area contributed by atoms with E-state index in [2.05, 4.69) is 33.2 Å². The Balaban J connectivity index is 1.50. The number of imidazole rings is 1. The lowest BCUT2D eigenvalue weighted by molar-refractivity contribution is 0.0468. The molecule has 1 heterocycles. The zero-order valence-corrected chi connectivity index (χ0v) is 16.7. The van der Waals surface area contributed by atoms with Crippen molar-refractivity contribution < 1.29 is 4.74 Å². The van der Waals surface area contributed by atoms with E-state index in [-0.39, 0.29) is 0 Å². The van der Waals surface area contributed by atoms with Crippen molar-refractivity contribution in [1.82, 2.24) is 20.2 Å². The van der Waals surface area contributed by atoms with E-state index < -0.39 is 0 Å². The van der Waals surface area contributed by atoms with Crippen molar-refractivity contribution in [2.24, 2.45) is 12.0 Å². The first-order valence-electron chi connectivity index (χ1n) is 10.3. The highest BCUT2D eigenvalue weighted by atomic mass is 16.5. The summed E-state index contributed by atoms with van der Waals surface area (Å²) in [5.41, 5.74) is 2.15. The van der Waals surface area contributed by atoms with E-state index in [4.69, 9.17) is 9.73 Å². The third kappa shape index (κ3) is 5.70. The topological polar surface area (TPSA) is 63.5 Å². The molecular weight excluding hydrogens is 338 g/mol. The Labute approximate surface area is 162 Å². The highest BCUT2D eigenvalue weighted by Gasteiger charge is 2.12. The van der Waals surface area contributed by atoms with Gasteiger partial charge >= 0.3 is 0 Å². The summed E-state index contributed by atoms with van der Waals surface area (Å²) in [6, 6.07) is 8.18. The van der Waals surface area contributed by atoms with Crippen molar-refractivity contribution in [2.45, 2.75) is 58.1 Å². The Kier molecular flexibility index (Phi) is 7.51. The highest BCUT2D eigenvalue weighted by Crippen LogP contribution is 2.19. The number of aliphatic imine (C=N–C) groups is 1. The highest BCUT2D eigenvalue weighted by molar-refractivity contribution is 5.80. The Morgan fingerprint density at radius 1 is 1.19 bits per heavy atom. The first-order chi connectivity index (χ1) is 13.3. The molecule has 6 nitrogen and oxygen atoms in total. The van der Waals surface area contributed by atoms with Crippen molar-refractivity contribution in [2.75, 3.05) is 19.7 Å². The van der Waals surface area contributed by atoms with Crippen LogP contribution in [0.15, 0.2) is 29.3 Å². The van der Waals surface area contributed by atoms with E-state index in [0.29, 0.717) is 12.6 Å². The summed E-state index contributed by atoms with van der Waals surface area (Å²) >= 11 is 0. The lowest BCUT2D eigenvalue weighted by Crippen LogP contribution is -2.39. The van der Waals surface area contributed by atoms with E-state index in [9.17, 15) is 0 Å². The number of aryl methyl sites for hydroxylation is 1. The minimum Gasteiger partial charge on any atom is -0.376 e. The molecule has 1 aliphatic rings. The van der Waals surface area contributed by atoms with Gasteiger partial charge in [0.15, 0.2) is 5.96 Å². The third-order valence-corrected chi connectivity index (χ3v) is 5.15. The minimum absolute atomic E-state index is 0.439. The van der Waals surface area contributed by atoms with Crippen LogP contribution in [0.5, 0.6) is 0 Å². The van der Waals surface area contributed by atoms with Crippen LogP contribution in [0.4, 0.5) is 0 Å². The number of rotatable bonds is 7. The van der Waals surface area contributed by atoms with Crippen molar-refractivity contribution in [3.05, 3.63) is 30.1 Å². The van der Waals surface area contributed by atoms with Crippen LogP contribution in [0.25, 0.3) is 11.0 Å². The summed E-state index contributed by atoms with van der Waals surface area (Å²) in [5.74, 6) is 1.78. The number of fused-ring (bicyclic) bond motifs is 1. The monoisotopic (exact) mass is 371 g/mol. The van der Waals surface area contributed by atoms with Gasteiger partial charge in [-0.15, -0.1) is 0 Å². The molecule has 0 amide bonds. The number of nitrogens with zero attached hydrogens (tertiary/aromatic N) is 3. The van der Waals surface area contributed by atoms with Crippen LogP contribution in [-0.4, -0.2) is 41.3 Å². The molecule has 0 bridgehead atoms. The standard InChI is InChI=1S/C21H33N5O/c1-3-22-21(23-14-15-27-17-10-6-4-5-7-11-17)24-16-20-25-18-12-8-9-13-19(18)26(20)2/h8-9,12-13,17H,3-7,10-11,14-16H2,1-2H3,(H2,22,23,24). The molecule has 3 rings (SSSR count). The first-order valence-corrected chi connectivity index (χ1v) is 10.3. The molecule has 0 aliphatic heterocycles. The third-order valence-electron chi connectivity index (χ3n) is 5.15. The number of hydrogen-bond acceptors (Lipinski definition) is 3. The maximum absolute atomic E-state index is 6.05. The van der Waals surface area contributed by atoms with Gasteiger partial charge in [0.1, 0.15) is 12.4 Å². The molecule has 0 saturated heterocycles. The van der Waals surface area contributed by atoms with E-state index in [0.717, 1.165) is 42.5 Å². The second-order valence-electron chi connectivity index (χ2n) is 7.18. The molecule has 2 N–H and O–H groups in total. The number of para-hydroxylation sites is 2. The summed E-state index contributed by atoms with van der Waals surface area (Å²) in [6.07, 6.45) is 8.19. The van der Waals surface area contributed by atoms with Gasteiger partial charge in [0, 0.05) is 20.1 Å². The van der Waals surface area contributed by atoms with Gasteiger partial charge in [-0.1, -0.05) is 37.8 Å². The predicted molar refractivity (Wildman–Crippen MR) is 111 cm³/mol. The maximum Gasteiger partial charge on any atom is 0.191 e. The van der Waals surface area contributed by atoms with Gasteiger partial charge in [-0.2, -0.15) is 0 Å². The molecule has 0 spiro atoms. The molecule has 27 heavy (non-hydrogen) atoms. The number of hydrogen-bond donors (Lipinski definition) is 2. The average molecular weight is 372 g/mol. The quantitative estimate of drug-likeness (QED) is 0.339. The number of benzene rings is 1. The summed E-state index contributed by atoms with van der Waals surface area (Å²) in [6.45, 7) is 4.95. The second-order valence-corrected chi connectivity index (χ2v) is 7.18.